The number of carboxylic acid groups (broad SMARTS) is 4. The van der Waals surface area contributed by atoms with Gasteiger partial charge in [0.2, 0.25) is 0 Å². The Bertz CT molecular complexity index is 854. The van der Waals surface area contributed by atoms with Crippen LogP contribution in [-0.4, -0.2) is 149 Å². The summed E-state index contributed by atoms with van der Waals surface area (Å²) in [7, 11) is 0. The van der Waals surface area contributed by atoms with Gasteiger partial charge in [-0.15, -0.1) is 0 Å². The summed E-state index contributed by atoms with van der Waals surface area (Å²) >= 11 is 0. The molecule has 1 fully saturated rings. The molecule has 1 unspecified atom stereocenters. The molecule has 0 spiro atoms. The number of benzene rings is 1. The van der Waals surface area contributed by atoms with Crippen molar-refractivity contribution in [1.82, 2.24) is 19.6 Å². The minimum absolute atomic E-state index is 0.103. The van der Waals surface area contributed by atoms with E-state index in [0.717, 1.165) is 5.56 Å². The Morgan fingerprint density at radius 3 is 1.46 bits per heavy atom. The Balaban J connectivity index is 2.18. The van der Waals surface area contributed by atoms with Gasteiger partial charge in [0.1, 0.15) is 6.04 Å². The van der Waals surface area contributed by atoms with Gasteiger partial charge in [0, 0.05) is 52.4 Å². The summed E-state index contributed by atoms with van der Waals surface area (Å²) in [5.74, 6) is -4.22. The first-order valence-electron chi connectivity index (χ1n) is 12.0. The first kappa shape index (κ1) is 30.1. The van der Waals surface area contributed by atoms with Crippen molar-refractivity contribution >= 4 is 23.9 Å². The summed E-state index contributed by atoms with van der Waals surface area (Å²) < 4.78 is 5.70. The lowest BCUT2D eigenvalue weighted by Crippen LogP contribution is -2.53. The van der Waals surface area contributed by atoms with E-state index in [0.29, 0.717) is 0 Å². The molecule has 4 N–H and O–H groups in total. The van der Waals surface area contributed by atoms with Crippen LogP contribution in [0.1, 0.15) is 5.56 Å². The summed E-state index contributed by atoms with van der Waals surface area (Å²) in [6, 6.07) is 8.30. The van der Waals surface area contributed by atoms with Crippen LogP contribution < -0.4 is 0 Å². The number of nitrogens with zero attached hydrogens (tertiary/aromatic N) is 4. The molecule has 0 aromatic heterocycles. The maximum atomic E-state index is 12.2. The molecule has 2 rings (SSSR count). The minimum atomic E-state index is -1.10. The zero-order valence-corrected chi connectivity index (χ0v) is 20.8. The maximum absolute atomic E-state index is 12.2. The van der Waals surface area contributed by atoms with Gasteiger partial charge in [-0.3, -0.25) is 38.8 Å². The van der Waals surface area contributed by atoms with Crippen molar-refractivity contribution < 1.29 is 44.3 Å². The predicted molar refractivity (Wildman–Crippen MR) is 131 cm³/mol. The van der Waals surface area contributed by atoms with Gasteiger partial charge in [-0.05, 0) is 5.56 Å². The Morgan fingerprint density at radius 1 is 0.676 bits per heavy atom. The van der Waals surface area contributed by atoms with E-state index in [1.165, 1.54) is 0 Å². The quantitative estimate of drug-likeness (QED) is 0.266. The van der Waals surface area contributed by atoms with Crippen LogP contribution in [0, 0.1) is 0 Å². The second-order valence-electron chi connectivity index (χ2n) is 8.90. The van der Waals surface area contributed by atoms with E-state index < -0.39 is 29.9 Å². The van der Waals surface area contributed by atoms with Crippen LogP contribution in [0.4, 0.5) is 0 Å². The molecule has 13 nitrogen and oxygen atoms in total. The van der Waals surface area contributed by atoms with Crippen molar-refractivity contribution in [2.24, 2.45) is 0 Å². The second-order valence-corrected chi connectivity index (χ2v) is 8.90. The average molecular weight is 525 g/mol. The molecular formula is C24H36N4O9. The van der Waals surface area contributed by atoms with Crippen LogP contribution in [-0.2, 0) is 30.5 Å². The number of hydrogen-bond acceptors (Lipinski definition) is 9. The zero-order valence-electron chi connectivity index (χ0n) is 20.8. The van der Waals surface area contributed by atoms with Crippen LogP contribution >= 0.6 is 0 Å². The van der Waals surface area contributed by atoms with Gasteiger partial charge in [0.15, 0.2) is 0 Å². The van der Waals surface area contributed by atoms with Crippen molar-refractivity contribution in [3.63, 3.8) is 0 Å². The Hall–Kier alpha value is -3.10. The summed E-state index contributed by atoms with van der Waals surface area (Å²) in [4.78, 5) is 52.9. The first-order chi connectivity index (χ1) is 17.6. The largest absolute Gasteiger partial charge is 0.480 e. The topological polar surface area (TPSA) is 171 Å². The third-order valence-electron chi connectivity index (χ3n) is 6.06. The molecule has 1 saturated heterocycles. The lowest BCUT2D eigenvalue weighted by atomic mass is 10.2. The second kappa shape index (κ2) is 15.9. The van der Waals surface area contributed by atoms with Crippen molar-refractivity contribution in [3.05, 3.63) is 35.9 Å². The Kier molecular flexibility index (Phi) is 12.9. The average Bonchev–Trinajstić information content (AvgIpc) is 2.82. The summed E-state index contributed by atoms with van der Waals surface area (Å²) in [5, 5.41) is 37.9. The SMILES string of the molecule is O=C(O)CN1CCN(CC(=O)O)CCN(C(COCc2ccccc2)C(=O)O)CCN(CC(=O)O)CC1. The monoisotopic (exact) mass is 524 g/mol. The normalized spacial score (nSPS) is 18.4. The van der Waals surface area contributed by atoms with Crippen LogP contribution in [0.3, 0.4) is 0 Å². The standard InChI is InChI=1S/C24H36N4O9/c29-21(30)14-25-6-8-26(15-22(31)32)10-12-28(13-11-27(9-7-25)16-23(33)34)20(24(35)36)18-37-17-19-4-2-1-3-5-19/h1-5,20H,6-18H2,(H,29,30)(H,31,32)(H,33,34)(H,35,36). The van der Waals surface area contributed by atoms with Gasteiger partial charge in [-0.25, -0.2) is 0 Å². The third-order valence-corrected chi connectivity index (χ3v) is 6.06. The molecule has 0 radical (unpaired) electrons. The fourth-order valence-electron chi connectivity index (χ4n) is 4.11. The van der Waals surface area contributed by atoms with E-state index in [1.54, 1.807) is 19.6 Å². The van der Waals surface area contributed by atoms with Crippen molar-refractivity contribution in [2.75, 3.05) is 78.6 Å². The van der Waals surface area contributed by atoms with Gasteiger partial charge >= 0.3 is 23.9 Å². The molecule has 1 aromatic rings. The van der Waals surface area contributed by atoms with Crippen molar-refractivity contribution in [2.45, 2.75) is 12.6 Å². The molecule has 1 heterocycles. The Morgan fingerprint density at radius 2 is 1.08 bits per heavy atom. The number of rotatable bonds is 12. The van der Waals surface area contributed by atoms with Crippen LogP contribution in [0.2, 0.25) is 0 Å². The van der Waals surface area contributed by atoms with Gasteiger partial charge in [0.25, 0.3) is 0 Å². The number of carbonyl (C=O) groups is 4. The highest BCUT2D eigenvalue weighted by molar-refractivity contribution is 5.73. The van der Waals surface area contributed by atoms with E-state index in [2.05, 4.69) is 0 Å². The number of carboxylic acids is 4. The summed E-state index contributed by atoms with van der Waals surface area (Å²) in [6.07, 6.45) is 0. The van der Waals surface area contributed by atoms with E-state index in [9.17, 15) is 39.6 Å². The van der Waals surface area contributed by atoms with Crippen LogP contribution in [0.15, 0.2) is 30.3 Å². The Labute approximate surface area is 215 Å². The first-order valence-corrected chi connectivity index (χ1v) is 12.0. The fraction of sp³-hybridized carbons (Fsp3) is 0.583. The molecule has 0 saturated carbocycles. The van der Waals surface area contributed by atoms with Crippen molar-refractivity contribution in [1.29, 1.82) is 0 Å². The van der Waals surface area contributed by atoms with Gasteiger partial charge in [-0.1, -0.05) is 30.3 Å². The van der Waals surface area contributed by atoms with E-state index >= 15 is 0 Å². The highest BCUT2D eigenvalue weighted by atomic mass is 16.5. The van der Waals surface area contributed by atoms with Crippen molar-refractivity contribution in [3.8, 4) is 0 Å². The smallest absolute Gasteiger partial charge is 0.323 e. The molecule has 1 aliphatic heterocycles. The molecular weight excluding hydrogens is 488 g/mol. The molecule has 0 aliphatic carbocycles. The highest BCUT2D eigenvalue weighted by Crippen LogP contribution is 2.08. The summed E-state index contributed by atoms with van der Waals surface area (Å²) in [5.41, 5.74) is 0.895. The number of aliphatic carboxylic acids is 4. The highest BCUT2D eigenvalue weighted by Gasteiger charge is 2.28. The minimum Gasteiger partial charge on any atom is -0.480 e. The van der Waals surface area contributed by atoms with Gasteiger partial charge < -0.3 is 25.2 Å². The molecule has 37 heavy (non-hydrogen) atoms. The molecule has 0 amide bonds. The molecule has 1 aromatic carbocycles. The third kappa shape index (κ3) is 12.1. The summed E-state index contributed by atoms with van der Waals surface area (Å²) in [6.45, 7) is 1.25. The molecule has 0 bridgehead atoms. The maximum Gasteiger partial charge on any atom is 0.323 e. The van der Waals surface area contributed by atoms with E-state index in [-0.39, 0.29) is 85.2 Å². The predicted octanol–water partition coefficient (Wildman–Crippen LogP) is -0.868. The lowest BCUT2D eigenvalue weighted by molar-refractivity contribution is -0.147. The zero-order chi connectivity index (χ0) is 27.2. The fourth-order valence-corrected chi connectivity index (χ4v) is 4.11. The molecule has 1 atom stereocenters. The van der Waals surface area contributed by atoms with Crippen LogP contribution in [0.25, 0.3) is 0 Å². The van der Waals surface area contributed by atoms with Gasteiger partial charge in [-0.2, -0.15) is 0 Å². The number of ether oxygens (including phenoxy) is 1. The van der Waals surface area contributed by atoms with Gasteiger partial charge in [0.05, 0.1) is 32.8 Å². The van der Waals surface area contributed by atoms with Crippen LogP contribution in [0.5, 0.6) is 0 Å². The van der Waals surface area contributed by atoms with E-state index in [4.69, 9.17) is 4.74 Å². The molecule has 13 heteroatoms. The lowest BCUT2D eigenvalue weighted by Gasteiger charge is -2.35. The molecule has 206 valence electrons. The van der Waals surface area contributed by atoms with E-state index in [1.807, 2.05) is 30.3 Å². The molecule has 1 aliphatic rings. The number of hydrogen-bond donors (Lipinski definition) is 4.